The molecule has 0 aliphatic rings. The molecule has 1 unspecified atom stereocenters. The van der Waals surface area contributed by atoms with Crippen molar-refractivity contribution in [2.75, 3.05) is 13.2 Å². The van der Waals surface area contributed by atoms with Gasteiger partial charge in [0.15, 0.2) is 6.10 Å². The molecule has 0 aromatic heterocycles. The van der Waals surface area contributed by atoms with E-state index in [0.29, 0.717) is 19.3 Å². The highest BCUT2D eigenvalue weighted by Crippen LogP contribution is 2.15. The Hall–Kier alpha value is -3.41. The van der Waals surface area contributed by atoms with Crippen LogP contribution in [0.25, 0.3) is 0 Å². The fourth-order valence-corrected chi connectivity index (χ4v) is 8.21. The predicted octanol–water partition coefficient (Wildman–Crippen LogP) is 19.9. The predicted molar refractivity (Wildman–Crippen MR) is 302 cm³/mol. The Kier molecular flexibility index (Phi) is 55.3. The van der Waals surface area contributed by atoms with Crippen LogP contribution in [0.2, 0.25) is 0 Å². The van der Waals surface area contributed by atoms with E-state index in [1.54, 1.807) is 0 Å². The van der Waals surface area contributed by atoms with Crippen LogP contribution in [-0.4, -0.2) is 37.2 Å². The minimum atomic E-state index is -0.779. The van der Waals surface area contributed by atoms with Gasteiger partial charge in [-0.3, -0.25) is 14.4 Å². The Morgan fingerprint density at radius 1 is 0.300 bits per heavy atom. The summed E-state index contributed by atoms with van der Waals surface area (Å²) in [7, 11) is 0. The highest BCUT2D eigenvalue weighted by molar-refractivity contribution is 5.71. The molecule has 0 aliphatic heterocycles. The zero-order chi connectivity index (χ0) is 50.7. The van der Waals surface area contributed by atoms with Crippen molar-refractivity contribution in [1.29, 1.82) is 0 Å². The molecular weight excluding hydrogens is 865 g/mol. The number of esters is 3. The molecule has 0 radical (unpaired) electrons. The first kappa shape index (κ1) is 66.6. The van der Waals surface area contributed by atoms with Crippen LogP contribution in [0.15, 0.2) is 85.1 Å². The van der Waals surface area contributed by atoms with Crippen LogP contribution in [0.5, 0.6) is 0 Å². The van der Waals surface area contributed by atoms with E-state index < -0.39 is 6.10 Å². The van der Waals surface area contributed by atoms with E-state index in [0.717, 1.165) is 103 Å². The van der Waals surface area contributed by atoms with Crippen molar-refractivity contribution in [3.8, 4) is 0 Å². The first-order chi connectivity index (χ1) is 34.5. The zero-order valence-electron chi connectivity index (χ0n) is 46.0. The van der Waals surface area contributed by atoms with Gasteiger partial charge in [0.2, 0.25) is 0 Å². The average Bonchev–Trinajstić information content (AvgIpc) is 3.36. The maximum Gasteiger partial charge on any atom is 0.306 e. The molecule has 6 heteroatoms. The van der Waals surface area contributed by atoms with Gasteiger partial charge in [0.05, 0.1) is 0 Å². The SMILES string of the molecule is CC/C=C\C/C=C\C/C=C\C/C=C\C/C=C\C/C=C\CCCCCCCCCCC(=O)OCC(COC(=O)CCCCCCCCC)OC(=O)CCCCCCCCC/C=C\CCCCCCCCC. The number of hydrogen-bond acceptors (Lipinski definition) is 6. The van der Waals surface area contributed by atoms with Crippen LogP contribution >= 0.6 is 0 Å². The summed E-state index contributed by atoms with van der Waals surface area (Å²) in [4.78, 5) is 38.0. The second kappa shape index (κ2) is 58.2. The molecule has 0 rings (SSSR count). The lowest BCUT2D eigenvalue weighted by atomic mass is 10.1. The molecule has 70 heavy (non-hydrogen) atoms. The summed E-state index contributed by atoms with van der Waals surface area (Å²) in [5.74, 6) is -0.893. The molecule has 0 aromatic rings. The number of rotatable bonds is 53. The fourth-order valence-electron chi connectivity index (χ4n) is 8.21. The summed E-state index contributed by atoms with van der Waals surface area (Å²) in [5, 5.41) is 0. The number of allylic oxidation sites excluding steroid dienone is 14. The smallest absolute Gasteiger partial charge is 0.306 e. The first-order valence-corrected chi connectivity index (χ1v) is 29.6. The lowest BCUT2D eigenvalue weighted by Crippen LogP contribution is -2.30. The van der Waals surface area contributed by atoms with E-state index >= 15 is 0 Å². The molecule has 6 nitrogen and oxygen atoms in total. The van der Waals surface area contributed by atoms with E-state index in [1.807, 2.05) is 0 Å². The zero-order valence-corrected chi connectivity index (χ0v) is 46.0. The molecule has 0 spiro atoms. The fraction of sp³-hybridized carbons (Fsp3) is 0.734. The summed E-state index contributed by atoms with van der Waals surface area (Å²) >= 11 is 0. The normalized spacial score (nSPS) is 12.7. The maximum absolute atomic E-state index is 12.8. The third-order valence-corrected chi connectivity index (χ3v) is 12.6. The van der Waals surface area contributed by atoms with Gasteiger partial charge in [-0.15, -0.1) is 0 Å². The van der Waals surface area contributed by atoms with Gasteiger partial charge >= 0.3 is 17.9 Å². The average molecular weight is 976 g/mol. The van der Waals surface area contributed by atoms with Gasteiger partial charge in [-0.1, -0.05) is 254 Å². The Balaban J connectivity index is 4.19. The van der Waals surface area contributed by atoms with Crippen molar-refractivity contribution in [2.45, 2.75) is 290 Å². The maximum atomic E-state index is 12.8. The van der Waals surface area contributed by atoms with E-state index in [-0.39, 0.29) is 31.1 Å². The molecule has 402 valence electrons. The Labute approximate surface area is 433 Å². The molecule has 1 atom stereocenters. The van der Waals surface area contributed by atoms with Gasteiger partial charge in [0.1, 0.15) is 13.2 Å². The summed E-state index contributed by atoms with van der Waals surface area (Å²) in [6.45, 7) is 6.49. The van der Waals surface area contributed by atoms with Crippen molar-refractivity contribution >= 4 is 17.9 Å². The molecule has 0 amide bonds. The molecule has 0 bridgehead atoms. The molecule has 0 heterocycles. The van der Waals surface area contributed by atoms with Gasteiger partial charge < -0.3 is 14.2 Å². The largest absolute Gasteiger partial charge is 0.462 e. The van der Waals surface area contributed by atoms with E-state index in [1.165, 1.54) is 141 Å². The molecule has 0 fully saturated rings. The Bertz CT molecular complexity index is 1350. The van der Waals surface area contributed by atoms with Gasteiger partial charge in [-0.05, 0) is 96.3 Å². The molecule has 0 aliphatic carbocycles. The minimum absolute atomic E-state index is 0.0793. The lowest BCUT2D eigenvalue weighted by Gasteiger charge is -2.18. The Morgan fingerprint density at radius 2 is 0.557 bits per heavy atom. The molecular formula is C64H110O6. The number of carbonyl (C=O) groups excluding carboxylic acids is 3. The number of carbonyl (C=O) groups is 3. The van der Waals surface area contributed by atoms with Crippen LogP contribution in [0.4, 0.5) is 0 Å². The van der Waals surface area contributed by atoms with Gasteiger partial charge in [-0.2, -0.15) is 0 Å². The quantitative estimate of drug-likeness (QED) is 0.0261. The van der Waals surface area contributed by atoms with Crippen LogP contribution in [0.3, 0.4) is 0 Å². The van der Waals surface area contributed by atoms with Crippen LogP contribution < -0.4 is 0 Å². The summed E-state index contributed by atoms with van der Waals surface area (Å²) in [5.41, 5.74) is 0. The highest BCUT2D eigenvalue weighted by atomic mass is 16.6. The van der Waals surface area contributed by atoms with Crippen LogP contribution in [0, 0.1) is 0 Å². The third-order valence-electron chi connectivity index (χ3n) is 12.6. The van der Waals surface area contributed by atoms with E-state index in [9.17, 15) is 14.4 Å². The minimum Gasteiger partial charge on any atom is -0.462 e. The van der Waals surface area contributed by atoms with E-state index in [2.05, 4.69) is 106 Å². The monoisotopic (exact) mass is 975 g/mol. The third kappa shape index (κ3) is 55.5. The number of ether oxygens (including phenoxy) is 3. The number of unbranched alkanes of at least 4 members (excludes halogenated alkanes) is 28. The molecule has 0 saturated carbocycles. The van der Waals surface area contributed by atoms with Crippen molar-refractivity contribution in [1.82, 2.24) is 0 Å². The topological polar surface area (TPSA) is 78.9 Å². The number of hydrogen-bond donors (Lipinski definition) is 0. The van der Waals surface area contributed by atoms with E-state index in [4.69, 9.17) is 14.2 Å². The highest BCUT2D eigenvalue weighted by Gasteiger charge is 2.19. The summed E-state index contributed by atoms with van der Waals surface area (Å²) in [6, 6.07) is 0. The second-order valence-corrected chi connectivity index (χ2v) is 19.5. The van der Waals surface area contributed by atoms with Crippen molar-refractivity contribution in [3.63, 3.8) is 0 Å². The standard InChI is InChI=1S/C64H110O6/c1-4-7-10-13-16-18-20-22-24-26-28-29-30-31-32-33-34-35-36-38-39-41-43-45-48-51-54-57-63(66)69-60-61(59-68-62(65)56-53-50-47-15-12-9-6-3)70-64(67)58-55-52-49-46-44-42-40-37-27-25-23-21-19-17-14-11-8-5-2/h7,10,16,18,22,24-25,27-29,31-32,34-35,61H,4-6,8-9,11-15,17,19-21,23,26,30,33,36-60H2,1-3H3/b10-7-,18-16-,24-22-,27-25-,29-28-,32-31-,35-34-. The van der Waals surface area contributed by atoms with Crippen LogP contribution in [0.1, 0.15) is 284 Å². The lowest BCUT2D eigenvalue weighted by molar-refractivity contribution is -0.167. The summed E-state index contributed by atoms with van der Waals surface area (Å²) in [6.07, 6.45) is 76.0. The van der Waals surface area contributed by atoms with Crippen molar-refractivity contribution in [3.05, 3.63) is 85.1 Å². The molecule has 0 N–H and O–H groups in total. The molecule has 0 aromatic carbocycles. The summed E-state index contributed by atoms with van der Waals surface area (Å²) < 4.78 is 16.8. The van der Waals surface area contributed by atoms with Gasteiger partial charge in [-0.25, -0.2) is 0 Å². The van der Waals surface area contributed by atoms with Crippen LogP contribution in [-0.2, 0) is 28.6 Å². The van der Waals surface area contributed by atoms with Crippen molar-refractivity contribution < 1.29 is 28.6 Å². The van der Waals surface area contributed by atoms with Gasteiger partial charge in [0, 0.05) is 19.3 Å². The molecule has 0 saturated heterocycles. The first-order valence-electron chi connectivity index (χ1n) is 29.6. The second-order valence-electron chi connectivity index (χ2n) is 19.5. The van der Waals surface area contributed by atoms with Gasteiger partial charge in [0.25, 0.3) is 0 Å². The Morgan fingerprint density at radius 3 is 0.886 bits per heavy atom. The van der Waals surface area contributed by atoms with Crippen molar-refractivity contribution in [2.24, 2.45) is 0 Å².